The summed E-state index contributed by atoms with van der Waals surface area (Å²) >= 11 is 0. The minimum atomic E-state index is -0.477. The molecule has 0 spiro atoms. The molecule has 56 heavy (non-hydrogen) atoms. The largest absolute Gasteiger partial charge is 0.508 e. The first-order valence-electron chi connectivity index (χ1n) is 19.5. The number of unbranched alkanes of at least 4 members (excludes halogenated alkanes) is 2. The fourth-order valence-electron chi connectivity index (χ4n) is 7.47. The molecule has 3 heterocycles. The Morgan fingerprint density at radius 2 is 1.50 bits per heavy atom. The van der Waals surface area contributed by atoms with Gasteiger partial charge >= 0.3 is 0 Å². The van der Waals surface area contributed by atoms with Crippen molar-refractivity contribution < 1.29 is 33.7 Å². The lowest BCUT2D eigenvalue weighted by molar-refractivity contribution is -0.123. The van der Waals surface area contributed by atoms with Gasteiger partial charge in [0.2, 0.25) is 5.91 Å². The van der Waals surface area contributed by atoms with Gasteiger partial charge in [-0.05, 0) is 74.9 Å². The molecule has 6 rings (SSSR count). The summed E-state index contributed by atoms with van der Waals surface area (Å²) in [6.07, 6.45) is 15.0. The van der Waals surface area contributed by atoms with Gasteiger partial charge in [-0.15, -0.1) is 0 Å². The monoisotopic (exact) mass is 767 g/mol. The number of rotatable bonds is 19. The standard InChI is InChI=1S/C42H53N7O7/c1-4-5-6-7-27-16-36(50)40-34-18-29(8-9-35(34)42(2,3)56-37(40)17-27)41(53)47-20-28-14-32(54-23-38(51)45-12-10-30-21-43-25-48-30)19-33(15-28)55-24-39(52)46-13-11-31-22-44-26-49-31/h8,14-17,19,21-22,25-26,34-35,50H,4-7,9-13,18,20,23-24H2,1-3H3,(H,43,48)(H,44,49)(H,45,51)(H,46,52)(H,47,53). The number of imidazole rings is 2. The number of hydrogen-bond donors (Lipinski definition) is 6. The number of carbonyl (C=O) groups excluding carboxylic acids is 3. The van der Waals surface area contributed by atoms with Gasteiger partial charge in [0.15, 0.2) is 13.2 Å². The number of aromatic nitrogens is 4. The summed E-state index contributed by atoms with van der Waals surface area (Å²) < 4.78 is 18.2. The van der Waals surface area contributed by atoms with Crippen LogP contribution in [0, 0.1) is 5.92 Å². The number of H-pyrrole nitrogens is 2. The highest BCUT2D eigenvalue weighted by Crippen LogP contribution is 2.54. The number of aromatic amines is 2. The fourth-order valence-corrected chi connectivity index (χ4v) is 7.47. The SMILES string of the molecule is CCCCCc1cc(O)c2c(c1)OC(C)(C)C1CC=C(C(=O)NCc3cc(OCC(=O)NCCc4cnc[nH]4)cc(OCC(=O)NCCc4cnc[nH]4)c3)CC21. The van der Waals surface area contributed by atoms with E-state index in [4.69, 9.17) is 14.2 Å². The number of benzene rings is 2. The molecule has 0 fully saturated rings. The first-order valence-corrected chi connectivity index (χ1v) is 19.5. The number of fused-ring (bicyclic) bond motifs is 3. The van der Waals surface area contributed by atoms with Crippen molar-refractivity contribution >= 4 is 17.7 Å². The van der Waals surface area contributed by atoms with Crippen LogP contribution in [0.4, 0.5) is 0 Å². The number of ether oxygens (including phenoxy) is 3. The number of amides is 3. The predicted molar refractivity (Wildman–Crippen MR) is 209 cm³/mol. The van der Waals surface area contributed by atoms with Gasteiger partial charge in [-0.2, -0.15) is 0 Å². The molecule has 0 saturated carbocycles. The predicted octanol–water partition coefficient (Wildman–Crippen LogP) is 4.95. The molecule has 2 aromatic heterocycles. The highest BCUT2D eigenvalue weighted by molar-refractivity contribution is 5.93. The van der Waals surface area contributed by atoms with E-state index in [0.29, 0.717) is 67.2 Å². The summed E-state index contributed by atoms with van der Waals surface area (Å²) in [4.78, 5) is 52.8. The number of phenols is 1. The molecule has 4 aromatic rings. The lowest BCUT2D eigenvalue weighted by atomic mass is 9.67. The Labute approximate surface area is 327 Å². The number of carbonyl (C=O) groups is 3. The highest BCUT2D eigenvalue weighted by atomic mass is 16.5. The summed E-state index contributed by atoms with van der Waals surface area (Å²) in [6.45, 7) is 6.81. The van der Waals surface area contributed by atoms with Crippen LogP contribution in [0.3, 0.4) is 0 Å². The highest BCUT2D eigenvalue weighted by Gasteiger charge is 2.46. The van der Waals surface area contributed by atoms with Crippen LogP contribution in [0.15, 0.2) is 67.0 Å². The molecule has 1 aliphatic carbocycles. The van der Waals surface area contributed by atoms with Gasteiger partial charge < -0.3 is 45.2 Å². The number of aryl methyl sites for hydroxylation is 1. The Bertz CT molecular complexity index is 1900. The van der Waals surface area contributed by atoms with Crippen LogP contribution < -0.4 is 30.2 Å². The van der Waals surface area contributed by atoms with E-state index >= 15 is 0 Å². The van der Waals surface area contributed by atoms with Crippen molar-refractivity contribution in [1.29, 1.82) is 0 Å². The number of nitrogens with one attached hydrogen (secondary N) is 5. The summed E-state index contributed by atoms with van der Waals surface area (Å²) in [5, 5.41) is 20.0. The van der Waals surface area contributed by atoms with Crippen LogP contribution >= 0.6 is 0 Å². The zero-order valence-corrected chi connectivity index (χ0v) is 32.4. The minimum Gasteiger partial charge on any atom is -0.508 e. The molecule has 1 aliphatic heterocycles. The van der Waals surface area contributed by atoms with Crippen LogP contribution in [-0.2, 0) is 40.2 Å². The van der Waals surface area contributed by atoms with Crippen LogP contribution in [0.1, 0.15) is 86.9 Å². The lowest BCUT2D eigenvalue weighted by Crippen LogP contribution is -2.46. The normalized spacial score (nSPS) is 16.7. The Hall–Kier alpha value is -5.79. The van der Waals surface area contributed by atoms with Crippen molar-refractivity contribution in [2.45, 2.75) is 90.2 Å². The van der Waals surface area contributed by atoms with Gasteiger partial charge in [0.1, 0.15) is 28.6 Å². The maximum Gasteiger partial charge on any atom is 0.257 e. The van der Waals surface area contributed by atoms with Gasteiger partial charge in [-0.3, -0.25) is 14.4 Å². The number of nitrogens with zero attached hydrogens (tertiary/aromatic N) is 2. The smallest absolute Gasteiger partial charge is 0.257 e. The van der Waals surface area contributed by atoms with E-state index in [1.165, 1.54) is 0 Å². The van der Waals surface area contributed by atoms with Crippen LogP contribution in [-0.4, -0.2) is 74.7 Å². The van der Waals surface area contributed by atoms with Crippen LogP contribution in [0.5, 0.6) is 23.0 Å². The van der Waals surface area contributed by atoms with Crippen molar-refractivity contribution in [3.63, 3.8) is 0 Å². The van der Waals surface area contributed by atoms with E-state index in [0.717, 1.165) is 48.2 Å². The molecule has 0 bridgehead atoms. The topological polar surface area (TPSA) is 193 Å². The number of phenolic OH excluding ortho intramolecular Hbond substituents is 1. The van der Waals surface area contributed by atoms with Gasteiger partial charge in [0.05, 0.1) is 12.7 Å². The molecule has 2 unspecified atom stereocenters. The van der Waals surface area contributed by atoms with Gasteiger partial charge in [-0.1, -0.05) is 25.8 Å². The average molecular weight is 768 g/mol. The average Bonchev–Trinajstić information content (AvgIpc) is 3.90. The Balaban J connectivity index is 1.10. The molecule has 2 aromatic carbocycles. The van der Waals surface area contributed by atoms with E-state index in [-0.39, 0.29) is 55.1 Å². The zero-order valence-electron chi connectivity index (χ0n) is 32.4. The summed E-state index contributed by atoms with van der Waals surface area (Å²) in [5.41, 5.74) is 4.46. The first kappa shape index (κ1) is 39.9. The van der Waals surface area contributed by atoms with Crippen molar-refractivity contribution in [1.82, 2.24) is 35.9 Å². The van der Waals surface area contributed by atoms with Gasteiger partial charge in [-0.25, -0.2) is 9.97 Å². The van der Waals surface area contributed by atoms with E-state index in [9.17, 15) is 19.5 Å². The first-order chi connectivity index (χ1) is 27.1. The van der Waals surface area contributed by atoms with Crippen molar-refractivity contribution in [3.05, 3.63) is 95.1 Å². The summed E-state index contributed by atoms with van der Waals surface area (Å²) in [6, 6.07) is 8.99. The third-order valence-corrected chi connectivity index (χ3v) is 10.4. The number of hydrogen-bond acceptors (Lipinski definition) is 9. The maximum atomic E-state index is 13.7. The molecule has 3 amide bonds. The molecular formula is C42H53N7O7. The zero-order chi connectivity index (χ0) is 39.5. The third-order valence-electron chi connectivity index (χ3n) is 10.4. The van der Waals surface area contributed by atoms with E-state index in [1.807, 2.05) is 12.1 Å². The van der Waals surface area contributed by atoms with E-state index in [1.54, 1.807) is 43.2 Å². The third kappa shape index (κ3) is 10.7. The molecule has 298 valence electrons. The molecular weight excluding hydrogens is 715 g/mol. The second-order valence-corrected chi connectivity index (χ2v) is 15.0. The second-order valence-electron chi connectivity index (χ2n) is 15.0. The Morgan fingerprint density at radius 3 is 2.09 bits per heavy atom. The molecule has 14 heteroatoms. The minimum absolute atomic E-state index is 0.0855. The van der Waals surface area contributed by atoms with E-state index in [2.05, 4.69) is 62.7 Å². The van der Waals surface area contributed by atoms with Crippen molar-refractivity contribution in [3.8, 4) is 23.0 Å². The Morgan fingerprint density at radius 1 is 0.857 bits per heavy atom. The molecule has 0 radical (unpaired) electrons. The molecule has 2 atom stereocenters. The molecule has 2 aliphatic rings. The Kier molecular flexibility index (Phi) is 13.3. The lowest BCUT2D eigenvalue weighted by Gasteiger charge is -2.47. The summed E-state index contributed by atoms with van der Waals surface area (Å²) in [5.74, 6) is 0.797. The quantitative estimate of drug-likeness (QED) is 0.0717. The number of allylic oxidation sites excluding steroid dienone is 1. The summed E-state index contributed by atoms with van der Waals surface area (Å²) in [7, 11) is 0. The van der Waals surface area contributed by atoms with E-state index < -0.39 is 5.60 Å². The molecule has 6 N–H and O–H groups in total. The second kappa shape index (κ2) is 18.7. The van der Waals surface area contributed by atoms with Gasteiger partial charge in [0, 0.05) is 85.3 Å². The van der Waals surface area contributed by atoms with Gasteiger partial charge in [0.25, 0.3) is 11.8 Å². The number of aromatic hydroxyl groups is 1. The van der Waals surface area contributed by atoms with Crippen LogP contribution in [0.25, 0.3) is 0 Å². The van der Waals surface area contributed by atoms with Crippen molar-refractivity contribution in [2.24, 2.45) is 5.92 Å². The van der Waals surface area contributed by atoms with Crippen molar-refractivity contribution in [2.75, 3.05) is 26.3 Å². The maximum absolute atomic E-state index is 13.7. The van der Waals surface area contributed by atoms with Crippen LogP contribution in [0.2, 0.25) is 0 Å². The molecule has 14 nitrogen and oxygen atoms in total. The fraction of sp³-hybridized carbons (Fsp3) is 0.452. The molecule has 0 saturated heterocycles.